The van der Waals surface area contributed by atoms with E-state index in [1.54, 1.807) is 0 Å². The molecule has 1 nitrogen and oxygen atoms in total. The van der Waals surface area contributed by atoms with Crippen LogP contribution in [-0.2, 0) is 0 Å². The van der Waals surface area contributed by atoms with Crippen molar-refractivity contribution in [3.8, 4) is 27.9 Å². The molecule has 0 radical (unpaired) electrons. The van der Waals surface area contributed by atoms with E-state index in [1.165, 1.54) is 66.4 Å². The highest BCUT2D eigenvalue weighted by atomic mass is 15.0. The summed E-state index contributed by atoms with van der Waals surface area (Å²) in [6, 6.07) is 53.5. The van der Waals surface area contributed by atoms with E-state index in [1.807, 2.05) is 0 Å². The molecule has 6 aromatic carbocycles. The predicted octanol–water partition coefficient (Wildman–Crippen LogP) is 10.4. The zero-order valence-corrected chi connectivity index (χ0v) is 22.5. The molecule has 1 aromatic heterocycles. The molecule has 0 fully saturated rings. The average Bonchev–Trinajstić information content (AvgIpc) is 3.36. The lowest BCUT2D eigenvalue weighted by Crippen LogP contribution is -2.16. The van der Waals surface area contributed by atoms with E-state index >= 15 is 0 Å². The molecule has 190 valence electrons. The van der Waals surface area contributed by atoms with Gasteiger partial charge in [0.1, 0.15) is 0 Å². The number of aromatic nitrogens is 1. The molecule has 1 aliphatic carbocycles. The number of hydrogen-bond donors (Lipinski definition) is 0. The van der Waals surface area contributed by atoms with Gasteiger partial charge in [-0.1, -0.05) is 116 Å². The van der Waals surface area contributed by atoms with Gasteiger partial charge in [-0.25, -0.2) is 0 Å². The maximum absolute atomic E-state index is 2.42. The summed E-state index contributed by atoms with van der Waals surface area (Å²) in [5, 5.41) is 2.57. The van der Waals surface area contributed by atoms with Gasteiger partial charge in [-0.2, -0.15) is 0 Å². The van der Waals surface area contributed by atoms with Gasteiger partial charge in [0.05, 0.1) is 11.0 Å². The Balaban J connectivity index is 1.29. The van der Waals surface area contributed by atoms with Crippen molar-refractivity contribution in [3.05, 3.63) is 162 Å². The lowest BCUT2D eigenvalue weighted by atomic mass is 9.69. The Morgan fingerprint density at radius 2 is 1.12 bits per heavy atom. The first-order valence-electron chi connectivity index (χ1n) is 14.1. The summed E-state index contributed by atoms with van der Waals surface area (Å²) in [5.74, 6) is 0.754. The number of rotatable bonds is 3. The molecule has 0 aliphatic heterocycles. The first kappa shape index (κ1) is 23.0. The highest BCUT2D eigenvalue weighted by molar-refractivity contribution is 6.10. The highest BCUT2D eigenvalue weighted by Gasteiger charge is 2.32. The van der Waals surface area contributed by atoms with Gasteiger partial charge in [-0.15, -0.1) is 0 Å². The van der Waals surface area contributed by atoms with Crippen LogP contribution in [0.3, 0.4) is 0 Å². The van der Waals surface area contributed by atoms with Gasteiger partial charge in [0.15, 0.2) is 0 Å². The minimum absolute atomic E-state index is 0.358. The molecule has 0 amide bonds. The van der Waals surface area contributed by atoms with Crippen LogP contribution in [0.15, 0.2) is 146 Å². The number of nitrogens with zero attached hydrogens (tertiary/aromatic N) is 1. The van der Waals surface area contributed by atoms with Gasteiger partial charge in [0.2, 0.25) is 0 Å². The van der Waals surface area contributed by atoms with Gasteiger partial charge < -0.3 is 4.57 Å². The van der Waals surface area contributed by atoms with Crippen LogP contribution in [0.25, 0.3) is 49.7 Å². The molecule has 1 heterocycles. The summed E-state index contributed by atoms with van der Waals surface area (Å²) in [6.45, 7) is 2.39. The third kappa shape index (κ3) is 3.48. The van der Waals surface area contributed by atoms with Gasteiger partial charge in [-0.3, -0.25) is 0 Å². The number of benzene rings is 6. The summed E-state index contributed by atoms with van der Waals surface area (Å²) >= 11 is 0. The van der Waals surface area contributed by atoms with E-state index in [0.29, 0.717) is 11.8 Å². The van der Waals surface area contributed by atoms with Gasteiger partial charge in [-0.05, 0) is 81.3 Å². The molecule has 0 saturated carbocycles. The van der Waals surface area contributed by atoms with Crippen molar-refractivity contribution in [2.45, 2.75) is 18.8 Å². The Kier molecular flexibility index (Phi) is 5.24. The van der Waals surface area contributed by atoms with Crippen LogP contribution in [0.4, 0.5) is 0 Å². The third-order valence-electron chi connectivity index (χ3n) is 8.81. The first-order chi connectivity index (χ1) is 19.8. The Morgan fingerprint density at radius 1 is 0.475 bits per heavy atom. The second kappa shape index (κ2) is 9.10. The molecule has 2 atom stereocenters. The molecule has 1 aliphatic rings. The molecule has 7 aromatic rings. The summed E-state index contributed by atoms with van der Waals surface area (Å²) in [7, 11) is 0. The second-order valence-electron chi connectivity index (χ2n) is 11.0. The summed E-state index contributed by atoms with van der Waals surface area (Å²) in [5.41, 5.74) is 13.1. The average molecular weight is 512 g/mol. The second-order valence-corrected chi connectivity index (χ2v) is 11.0. The van der Waals surface area contributed by atoms with Crippen LogP contribution in [0.1, 0.15) is 35.4 Å². The van der Waals surface area contributed by atoms with Gasteiger partial charge >= 0.3 is 0 Å². The molecule has 0 saturated heterocycles. The predicted molar refractivity (Wildman–Crippen MR) is 168 cm³/mol. The van der Waals surface area contributed by atoms with Crippen LogP contribution in [-0.4, -0.2) is 4.57 Å². The van der Waals surface area contributed by atoms with Crippen molar-refractivity contribution in [2.75, 3.05) is 0 Å². The van der Waals surface area contributed by atoms with E-state index in [0.717, 1.165) is 0 Å². The van der Waals surface area contributed by atoms with Crippen molar-refractivity contribution in [3.63, 3.8) is 0 Å². The molecule has 2 unspecified atom stereocenters. The van der Waals surface area contributed by atoms with Crippen LogP contribution in [0.5, 0.6) is 0 Å². The minimum Gasteiger partial charge on any atom is -0.309 e. The van der Waals surface area contributed by atoms with Crippen molar-refractivity contribution in [2.24, 2.45) is 0 Å². The number of fused-ring (bicyclic) bond motifs is 6. The molecule has 0 N–H and O–H groups in total. The fourth-order valence-corrected chi connectivity index (χ4v) is 6.96. The maximum Gasteiger partial charge on any atom is 0.0541 e. The summed E-state index contributed by atoms with van der Waals surface area (Å²) < 4.78 is 2.38. The quantitative estimate of drug-likeness (QED) is 0.222. The fourth-order valence-electron chi connectivity index (χ4n) is 6.96. The smallest absolute Gasteiger partial charge is 0.0541 e. The lowest BCUT2D eigenvalue weighted by molar-refractivity contribution is 0.649. The molecule has 0 spiro atoms. The number of hydrogen-bond acceptors (Lipinski definition) is 0. The third-order valence-corrected chi connectivity index (χ3v) is 8.81. The van der Waals surface area contributed by atoms with Crippen LogP contribution in [0.2, 0.25) is 0 Å². The normalized spacial score (nSPS) is 16.1. The van der Waals surface area contributed by atoms with Crippen molar-refractivity contribution < 1.29 is 0 Å². The zero-order valence-electron chi connectivity index (χ0n) is 22.5. The van der Waals surface area contributed by atoms with Crippen LogP contribution >= 0.6 is 0 Å². The molecule has 0 bridgehead atoms. The first-order valence-corrected chi connectivity index (χ1v) is 14.1. The number of para-hydroxylation sites is 2. The Labute approximate surface area is 235 Å². The zero-order chi connectivity index (χ0) is 26.6. The van der Waals surface area contributed by atoms with E-state index in [4.69, 9.17) is 0 Å². The molecule has 1 heteroatoms. The molecular formula is C39H29N. The SMILES string of the molecule is CC1c2ccc(-c3ccc4c(c3)c3ccccc3n4-c3ccccc3)cc2-c2ccccc2C1c1ccccc1. The van der Waals surface area contributed by atoms with E-state index in [9.17, 15) is 0 Å². The van der Waals surface area contributed by atoms with Gasteiger partial charge in [0, 0.05) is 22.4 Å². The Hall–Kier alpha value is -4.88. The van der Waals surface area contributed by atoms with Crippen LogP contribution < -0.4 is 0 Å². The Bertz CT molecular complexity index is 2010. The largest absolute Gasteiger partial charge is 0.309 e. The van der Waals surface area contributed by atoms with Crippen molar-refractivity contribution in [1.29, 1.82) is 0 Å². The lowest BCUT2D eigenvalue weighted by Gasteiger charge is -2.34. The monoisotopic (exact) mass is 511 g/mol. The van der Waals surface area contributed by atoms with E-state index < -0.39 is 0 Å². The summed E-state index contributed by atoms with van der Waals surface area (Å²) in [4.78, 5) is 0. The van der Waals surface area contributed by atoms with Gasteiger partial charge in [0.25, 0.3) is 0 Å². The summed E-state index contributed by atoms with van der Waals surface area (Å²) in [6.07, 6.45) is 0. The van der Waals surface area contributed by atoms with Crippen molar-refractivity contribution in [1.82, 2.24) is 4.57 Å². The van der Waals surface area contributed by atoms with E-state index in [-0.39, 0.29) is 0 Å². The molecular weight excluding hydrogens is 482 g/mol. The highest BCUT2D eigenvalue weighted by Crippen LogP contribution is 2.50. The van der Waals surface area contributed by atoms with Crippen LogP contribution in [0, 0.1) is 0 Å². The topological polar surface area (TPSA) is 4.93 Å². The maximum atomic E-state index is 2.42. The minimum atomic E-state index is 0.358. The molecule has 8 rings (SSSR count). The molecule has 40 heavy (non-hydrogen) atoms. The Morgan fingerprint density at radius 3 is 1.98 bits per heavy atom. The van der Waals surface area contributed by atoms with E-state index in [2.05, 4.69) is 157 Å². The standard InChI is InChI=1S/C39H29N/c1-26-31-22-20-28(24-35(31)32-16-8-9-18-34(32)39(26)27-12-4-2-5-13-27)29-21-23-38-36(25-29)33-17-10-11-19-37(33)40(38)30-14-6-3-7-15-30/h2-26,39H,1H3. The fraction of sp³-hybridized carbons (Fsp3) is 0.0769. The van der Waals surface area contributed by atoms with Crippen molar-refractivity contribution >= 4 is 21.8 Å².